The van der Waals surface area contributed by atoms with Gasteiger partial charge in [-0.2, -0.15) is 0 Å². The van der Waals surface area contributed by atoms with Gasteiger partial charge in [-0.25, -0.2) is 4.98 Å². The Kier molecular flexibility index (Phi) is 3.74. The molecule has 4 heteroatoms. The number of benzene rings is 1. The summed E-state index contributed by atoms with van der Waals surface area (Å²) in [6.07, 6.45) is 3.45. The summed E-state index contributed by atoms with van der Waals surface area (Å²) < 4.78 is 2.33. The van der Waals surface area contributed by atoms with Crippen molar-refractivity contribution in [3.8, 4) is 0 Å². The zero-order valence-electron chi connectivity index (χ0n) is 12.2. The molecule has 0 amide bonds. The van der Waals surface area contributed by atoms with E-state index >= 15 is 0 Å². The van der Waals surface area contributed by atoms with E-state index in [0.717, 1.165) is 55.0 Å². The van der Waals surface area contributed by atoms with E-state index in [4.69, 9.17) is 16.6 Å². The first-order valence-electron chi connectivity index (χ1n) is 7.58. The minimum Gasteiger partial charge on any atom is -0.327 e. The molecule has 3 rings (SSSR count). The predicted octanol–water partition coefficient (Wildman–Crippen LogP) is 3.74. The van der Waals surface area contributed by atoms with Crippen LogP contribution >= 0.6 is 11.6 Å². The molecule has 1 N–H and O–H groups in total. The smallest absolute Gasteiger partial charge is 0.116 e. The largest absolute Gasteiger partial charge is 0.327 e. The van der Waals surface area contributed by atoms with Crippen molar-refractivity contribution >= 4 is 22.6 Å². The fraction of sp³-hybridized carbons (Fsp3) is 0.562. The molecule has 0 bridgehead atoms. The number of halogens is 1. The molecule has 108 valence electrons. The molecule has 1 aliphatic heterocycles. The first-order chi connectivity index (χ1) is 9.72. The number of imidazole rings is 1. The molecule has 0 atom stereocenters. The van der Waals surface area contributed by atoms with E-state index in [-0.39, 0.29) is 5.41 Å². The molecular formula is C16H22ClN3. The molecular weight excluding hydrogens is 270 g/mol. The lowest BCUT2D eigenvalue weighted by molar-refractivity contribution is 0.275. The van der Waals surface area contributed by atoms with Crippen molar-refractivity contribution in [2.75, 3.05) is 13.1 Å². The maximum Gasteiger partial charge on any atom is 0.116 e. The summed E-state index contributed by atoms with van der Waals surface area (Å²) in [7, 11) is 0. The van der Waals surface area contributed by atoms with Crippen LogP contribution in [-0.4, -0.2) is 22.6 Å². The summed E-state index contributed by atoms with van der Waals surface area (Å²) in [5, 5.41) is 4.27. The van der Waals surface area contributed by atoms with Gasteiger partial charge in [-0.1, -0.05) is 24.6 Å². The second kappa shape index (κ2) is 5.38. The molecule has 0 spiro atoms. The molecule has 1 aromatic heterocycles. The lowest BCUT2D eigenvalue weighted by atomic mass is 9.76. The zero-order chi connectivity index (χ0) is 14.2. The summed E-state index contributed by atoms with van der Waals surface area (Å²) in [5.74, 6) is 1.23. The van der Waals surface area contributed by atoms with Crippen LogP contribution in [0.25, 0.3) is 11.0 Å². The highest BCUT2D eigenvalue weighted by atomic mass is 35.5. The molecule has 1 saturated heterocycles. The van der Waals surface area contributed by atoms with Crippen LogP contribution in [0.1, 0.15) is 38.9 Å². The first-order valence-corrected chi connectivity index (χ1v) is 7.95. The zero-order valence-corrected chi connectivity index (χ0v) is 13.0. The number of nitrogens with one attached hydrogen (secondary N) is 1. The van der Waals surface area contributed by atoms with Crippen molar-refractivity contribution in [3.05, 3.63) is 29.0 Å². The fourth-order valence-corrected chi connectivity index (χ4v) is 3.77. The van der Waals surface area contributed by atoms with Gasteiger partial charge in [0.1, 0.15) is 5.82 Å². The van der Waals surface area contributed by atoms with Gasteiger partial charge in [0.05, 0.1) is 16.1 Å². The van der Waals surface area contributed by atoms with Crippen LogP contribution in [0.3, 0.4) is 0 Å². The summed E-state index contributed by atoms with van der Waals surface area (Å²) in [6.45, 7) is 7.54. The van der Waals surface area contributed by atoms with Crippen LogP contribution in [-0.2, 0) is 12.0 Å². The average Bonchev–Trinajstić information content (AvgIpc) is 2.88. The van der Waals surface area contributed by atoms with Gasteiger partial charge in [-0.05, 0) is 51.4 Å². The Bertz CT molecular complexity index is 611. The molecule has 2 aromatic rings. The van der Waals surface area contributed by atoms with Crippen molar-refractivity contribution in [3.63, 3.8) is 0 Å². The Balaban J connectivity index is 2.22. The summed E-state index contributed by atoms with van der Waals surface area (Å²) in [5.41, 5.74) is 2.32. The Hall–Kier alpha value is -1.06. The number of piperidine rings is 1. The highest BCUT2D eigenvalue weighted by molar-refractivity contribution is 6.35. The molecule has 1 fully saturated rings. The van der Waals surface area contributed by atoms with E-state index < -0.39 is 0 Å². The summed E-state index contributed by atoms with van der Waals surface area (Å²) in [4.78, 5) is 4.96. The highest BCUT2D eigenvalue weighted by Crippen LogP contribution is 2.38. The Morgan fingerprint density at radius 3 is 2.70 bits per heavy atom. The van der Waals surface area contributed by atoms with Crippen LogP contribution in [0, 0.1) is 0 Å². The summed E-state index contributed by atoms with van der Waals surface area (Å²) in [6, 6.07) is 6.02. The van der Waals surface area contributed by atoms with Gasteiger partial charge in [0, 0.05) is 12.0 Å². The fourth-order valence-electron chi connectivity index (χ4n) is 3.50. The van der Waals surface area contributed by atoms with E-state index in [2.05, 4.69) is 29.8 Å². The van der Waals surface area contributed by atoms with Crippen molar-refractivity contribution in [1.29, 1.82) is 0 Å². The van der Waals surface area contributed by atoms with E-state index in [9.17, 15) is 0 Å². The maximum absolute atomic E-state index is 6.41. The Morgan fingerprint density at radius 1 is 1.30 bits per heavy atom. The van der Waals surface area contributed by atoms with E-state index in [1.54, 1.807) is 0 Å². The third-order valence-electron chi connectivity index (χ3n) is 4.75. The number of para-hydroxylation sites is 1. The minimum atomic E-state index is 0.198. The number of hydrogen-bond acceptors (Lipinski definition) is 2. The Labute approximate surface area is 125 Å². The van der Waals surface area contributed by atoms with Crippen LogP contribution < -0.4 is 5.32 Å². The third kappa shape index (κ3) is 2.04. The van der Waals surface area contributed by atoms with E-state index in [1.165, 1.54) is 5.82 Å². The number of aromatic nitrogens is 2. The number of fused-ring (bicyclic) bond motifs is 1. The second-order valence-electron chi connectivity index (χ2n) is 5.67. The molecule has 0 radical (unpaired) electrons. The molecule has 20 heavy (non-hydrogen) atoms. The monoisotopic (exact) mass is 291 g/mol. The van der Waals surface area contributed by atoms with Crippen molar-refractivity contribution in [2.24, 2.45) is 0 Å². The third-order valence-corrected chi connectivity index (χ3v) is 5.05. The summed E-state index contributed by atoms with van der Waals surface area (Å²) >= 11 is 6.41. The maximum atomic E-state index is 6.41. The van der Waals surface area contributed by atoms with E-state index in [0.29, 0.717) is 0 Å². The minimum absolute atomic E-state index is 0.198. The molecule has 2 heterocycles. The van der Waals surface area contributed by atoms with Crippen LogP contribution in [0.15, 0.2) is 18.2 Å². The highest BCUT2D eigenvalue weighted by Gasteiger charge is 2.36. The molecule has 3 nitrogen and oxygen atoms in total. The van der Waals surface area contributed by atoms with Gasteiger partial charge in [0.15, 0.2) is 0 Å². The standard InChI is InChI=1S/C16H22ClN3/c1-3-16(8-10-18-11-9-16)15-19-13-7-5-6-12(17)14(13)20(15)4-2/h5-7,18H,3-4,8-11H2,1-2H3. The van der Waals surface area contributed by atoms with Gasteiger partial charge >= 0.3 is 0 Å². The number of aryl methyl sites for hydroxylation is 1. The molecule has 1 aliphatic rings. The van der Waals surface area contributed by atoms with Gasteiger partial charge in [0.25, 0.3) is 0 Å². The number of nitrogens with zero attached hydrogens (tertiary/aromatic N) is 2. The number of rotatable bonds is 3. The molecule has 0 unspecified atom stereocenters. The molecule has 0 aliphatic carbocycles. The lowest BCUT2D eigenvalue weighted by Crippen LogP contribution is -2.41. The van der Waals surface area contributed by atoms with Crippen molar-refractivity contribution < 1.29 is 0 Å². The predicted molar refractivity (Wildman–Crippen MR) is 84.5 cm³/mol. The van der Waals surface area contributed by atoms with Crippen LogP contribution in [0.4, 0.5) is 0 Å². The number of hydrogen-bond donors (Lipinski definition) is 1. The molecule has 0 saturated carbocycles. The Morgan fingerprint density at radius 2 is 2.05 bits per heavy atom. The van der Waals surface area contributed by atoms with Gasteiger partial charge < -0.3 is 9.88 Å². The van der Waals surface area contributed by atoms with Crippen LogP contribution in [0.5, 0.6) is 0 Å². The van der Waals surface area contributed by atoms with E-state index in [1.807, 2.05) is 12.1 Å². The van der Waals surface area contributed by atoms with Gasteiger partial charge in [-0.3, -0.25) is 0 Å². The van der Waals surface area contributed by atoms with Crippen LogP contribution in [0.2, 0.25) is 5.02 Å². The van der Waals surface area contributed by atoms with Gasteiger partial charge in [-0.15, -0.1) is 0 Å². The van der Waals surface area contributed by atoms with Crippen molar-refractivity contribution in [2.45, 2.75) is 45.1 Å². The topological polar surface area (TPSA) is 29.9 Å². The quantitative estimate of drug-likeness (QED) is 0.933. The normalized spacial score (nSPS) is 18.6. The second-order valence-corrected chi connectivity index (χ2v) is 6.08. The van der Waals surface area contributed by atoms with Crippen molar-refractivity contribution in [1.82, 2.24) is 14.9 Å². The molecule has 1 aromatic carbocycles. The SMILES string of the molecule is CCn1c(C2(CC)CCNCC2)nc2cccc(Cl)c21. The first kappa shape index (κ1) is 13.9. The lowest BCUT2D eigenvalue weighted by Gasteiger charge is -2.36. The average molecular weight is 292 g/mol. The van der Waals surface area contributed by atoms with Gasteiger partial charge in [0.2, 0.25) is 0 Å².